The van der Waals surface area contributed by atoms with E-state index in [1.807, 2.05) is 31.2 Å². The van der Waals surface area contributed by atoms with Gasteiger partial charge in [0.05, 0.1) is 0 Å². The summed E-state index contributed by atoms with van der Waals surface area (Å²) in [6, 6.07) is 12.0. The first-order valence-electron chi connectivity index (χ1n) is 11.7. The summed E-state index contributed by atoms with van der Waals surface area (Å²) < 4.78 is 0. The van der Waals surface area contributed by atoms with Gasteiger partial charge in [-0.05, 0) is 61.3 Å². The standard InChI is InChI=1S/C26H29ClN4O3/c1-15(2)28-10-5-11-30-24(33)26(3)14-20-19-13-17(27)8-9-21(19)29-22(20)23(31(26)25(30)34)16-6-4-7-18(32)12-16/h4,6-9,12-13,15,23,28-29,32H,5,10-11,14H2,1-3H3/t23-,26+/m1/s1. The molecule has 0 spiro atoms. The second-order valence-electron chi connectivity index (χ2n) is 9.73. The lowest BCUT2D eigenvalue weighted by Gasteiger charge is -2.42. The van der Waals surface area contributed by atoms with Crippen LogP contribution < -0.4 is 5.32 Å². The molecule has 0 unspecified atom stereocenters. The first-order valence-corrected chi connectivity index (χ1v) is 12.1. The van der Waals surface area contributed by atoms with Crippen molar-refractivity contribution in [2.75, 3.05) is 13.1 Å². The number of carbonyl (C=O) groups is 2. The summed E-state index contributed by atoms with van der Waals surface area (Å²) in [4.78, 5) is 34.0. The highest BCUT2D eigenvalue weighted by Crippen LogP contribution is 2.49. The Hall–Kier alpha value is -3.03. The van der Waals surface area contributed by atoms with E-state index in [1.54, 1.807) is 23.1 Å². The molecule has 0 radical (unpaired) electrons. The van der Waals surface area contributed by atoms with E-state index in [9.17, 15) is 14.7 Å². The fourth-order valence-corrected chi connectivity index (χ4v) is 5.52. The lowest BCUT2D eigenvalue weighted by Crippen LogP contribution is -2.53. The Balaban J connectivity index is 1.61. The molecule has 7 nitrogen and oxygen atoms in total. The predicted molar refractivity (Wildman–Crippen MR) is 132 cm³/mol. The van der Waals surface area contributed by atoms with Gasteiger partial charge in [0.25, 0.3) is 5.91 Å². The van der Waals surface area contributed by atoms with E-state index in [-0.39, 0.29) is 17.7 Å². The van der Waals surface area contributed by atoms with Crippen molar-refractivity contribution in [3.8, 4) is 5.75 Å². The molecule has 34 heavy (non-hydrogen) atoms. The van der Waals surface area contributed by atoms with Gasteiger partial charge in [-0.2, -0.15) is 0 Å². The number of nitrogens with zero attached hydrogens (tertiary/aromatic N) is 2. The Kier molecular flexibility index (Phi) is 5.57. The maximum absolute atomic E-state index is 13.7. The quantitative estimate of drug-likeness (QED) is 0.356. The number of H-pyrrole nitrogens is 1. The zero-order valence-corrected chi connectivity index (χ0v) is 20.3. The van der Waals surface area contributed by atoms with Gasteiger partial charge in [0.1, 0.15) is 17.3 Å². The van der Waals surface area contributed by atoms with Crippen LogP contribution in [0.15, 0.2) is 42.5 Å². The number of benzene rings is 2. The molecule has 5 rings (SSSR count). The third-order valence-electron chi connectivity index (χ3n) is 6.93. The number of urea groups is 1. The van der Waals surface area contributed by atoms with E-state index in [2.05, 4.69) is 24.1 Å². The molecule has 0 aliphatic carbocycles. The Labute approximate surface area is 203 Å². The van der Waals surface area contributed by atoms with Gasteiger partial charge in [0.15, 0.2) is 0 Å². The average molecular weight is 481 g/mol. The summed E-state index contributed by atoms with van der Waals surface area (Å²) >= 11 is 6.31. The number of hydrogen-bond acceptors (Lipinski definition) is 4. The van der Waals surface area contributed by atoms with Crippen LogP contribution in [0.4, 0.5) is 4.79 Å². The smallest absolute Gasteiger partial charge is 0.328 e. The van der Waals surface area contributed by atoms with Crippen molar-refractivity contribution < 1.29 is 14.7 Å². The molecule has 1 saturated heterocycles. The molecule has 8 heteroatoms. The van der Waals surface area contributed by atoms with Crippen LogP contribution in [0.25, 0.3) is 10.9 Å². The number of fused-ring (bicyclic) bond motifs is 4. The molecule has 0 saturated carbocycles. The van der Waals surface area contributed by atoms with Crippen molar-refractivity contribution in [1.82, 2.24) is 20.1 Å². The monoisotopic (exact) mass is 480 g/mol. The topological polar surface area (TPSA) is 88.7 Å². The highest BCUT2D eigenvalue weighted by atomic mass is 35.5. The van der Waals surface area contributed by atoms with Gasteiger partial charge in [-0.25, -0.2) is 4.79 Å². The molecule has 3 N–H and O–H groups in total. The largest absolute Gasteiger partial charge is 0.508 e. The van der Waals surface area contributed by atoms with E-state index < -0.39 is 11.6 Å². The Morgan fingerprint density at radius 2 is 2.03 bits per heavy atom. The number of imide groups is 1. The number of aromatic hydroxyl groups is 1. The van der Waals surface area contributed by atoms with Gasteiger partial charge in [0.2, 0.25) is 0 Å². The van der Waals surface area contributed by atoms with Crippen LogP contribution in [-0.2, 0) is 11.2 Å². The molecule has 1 aromatic heterocycles. The summed E-state index contributed by atoms with van der Waals surface area (Å²) in [7, 11) is 0. The lowest BCUT2D eigenvalue weighted by atomic mass is 9.81. The van der Waals surface area contributed by atoms with Crippen LogP contribution in [0.2, 0.25) is 5.02 Å². The molecule has 178 valence electrons. The first-order chi connectivity index (χ1) is 16.2. The van der Waals surface area contributed by atoms with E-state index in [0.29, 0.717) is 30.5 Å². The van der Waals surface area contributed by atoms with Crippen LogP contribution in [0.3, 0.4) is 0 Å². The zero-order chi connectivity index (χ0) is 24.2. The Bertz CT molecular complexity index is 1290. The van der Waals surface area contributed by atoms with E-state index >= 15 is 0 Å². The normalized spacial score (nSPS) is 22.1. The molecule has 3 aromatic rings. The molecular weight excluding hydrogens is 452 g/mol. The number of hydrogen-bond donors (Lipinski definition) is 3. The molecular formula is C26H29ClN4O3. The van der Waals surface area contributed by atoms with Crippen molar-refractivity contribution >= 4 is 34.4 Å². The van der Waals surface area contributed by atoms with Crippen molar-refractivity contribution in [2.24, 2.45) is 0 Å². The van der Waals surface area contributed by atoms with Crippen LogP contribution >= 0.6 is 11.6 Å². The number of amides is 3. The Morgan fingerprint density at radius 1 is 1.24 bits per heavy atom. The fraction of sp³-hybridized carbons (Fsp3) is 0.385. The minimum atomic E-state index is -1.04. The minimum Gasteiger partial charge on any atom is -0.508 e. The summed E-state index contributed by atoms with van der Waals surface area (Å²) in [5.74, 6) is -0.0747. The SMILES string of the molecule is CC(C)NCCCN1C(=O)N2[C@H](c3cccc(O)c3)c3[nH]c4ccc(Cl)cc4c3C[C@@]2(C)C1=O. The van der Waals surface area contributed by atoms with Gasteiger partial charge >= 0.3 is 6.03 Å². The summed E-state index contributed by atoms with van der Waals surface area (Å²) in [5.41, 5.74) is 2.44. The number of carbonyl (C=O) groups excluding carboxylic acids is 2. The number of aromatic amines is 1. The molecule has 3 amide bonds. The molecule has 2 aromatic carbocycles. The van der Waals surface area contributed by atoms with Gasteiger partial charge in [-0.1, -0.05) is 37.6 Å². The first kappa shape index (κ1) is 22.7. The van der Waals surface area contributed by atoms with Gasteiger partial charge < -0.3 is 15.4 Å². The van der Waals surface area contributed by atoms with Gasteiger partial charge in [-0.15, -0.1) is 0 Å². The van der Waals surface area contributed by atoms with Crippen LogP contribution in [-0.4, -0.2) is 56.5 Å². The molecule has 1 fully saturated rings. The number of nitrogens with one attached hydrogen (secondary N) is 2. The maximum Gasteiger partial charge on any atom is 0.328 e. The van der Waals surface area contributed by atoms with E-state index in [4.69, 9.17) is 11.6 Å². The molecule has 2 aliphatic rings. The van der Waals surface area contributed by atoms with Crippen molar-refractivity contribution in [2.45, 2.75) is 51.2 Å². The number of phenols is 1. The minimum absolute atomic E-state index is 0.111. The van der Waals surface area contributed by atoms with E-state index in [1.165, 1.54) is 4.90 Å². The number of halogens is 1. The summed E-state index contributed by atoms with van der Waals surface area (Å²) in [6.07, 6.45) is 1.07. The molecule has 2 aliphatic heterocycles. The van der Waals surface area contributed by atoms with Gasteiger partial charge in [0, 0.05) is 40.6 Å². The Morgan fingerprint density at radius 3 is 2.76 bits per heavy atom. The average Bonchev–Trinajstić information content (AvgIpc) is 3.22. The second kappa shape index (κ2) is 8.32. The zero-order valence-electron chi connectivity index (χ0n) is 19.6. The highest BCUT2D eigenvalue weighted by Gasteiger charge is 2.60. The predicted octanol–water partition coefficient (Wildman–Crippen LogP) is 4.58. The third kappa shape index (κ3) is 3.54. The van der Waals surface area contributed by atoms with E-state index in [0.717, 1.165) is 34.3 Å². The fourth-order valence-electron chi connectivity index (χ4n) is 5.35. The number of aromatic nitrogens is 1. The van der Waals surface area contributed by atoms with Crippen LogP contribution in [0, 0.1) is 0 Å². The van der Waals surface area contributed by atoms with Crippen molar-refractivity contribution in [3.05, 3.63) is 64.3 Å². The highest BCUT2D eigenvalue weighted by molar-refractivity contribution is 6.31. The molecule has 3 heterocycles. The molecule has 2 atom stereocenters. The second-order valence-corrected chi connectivity index (χ2v) is 10.2. The number of rotatable bonds is 6. The third-order valence-corrected chi connectivity index (χ3v) is 7.16. The van der Waals surface area contributed by atoms with Crippen LogP contribution in [0.5, 0.6) is 5.75 Å². The lowest BCUT2D eigenvalue weighted by molar-refractivity contribution is -0.133. The van der Waals surface area contributed by atoms with Gasteiger partial charge in [-0.3, -0.25) is 14.6 Å². The van der Waals surface area contributed by atoms with Crippen molar-refractivity contribution in [3.63, 3.8) is 0 Å². The number of phenolic OH excluding ortho intramolecular Hbond substituents is 1. The summed E-state index contributed by atoms with van der Waals surface area (Å²) in [6.45, 7) is 7.07. The molecule has 0 bridgehead atoms. The van der Waals surface area contributed by atoms with Crippen LogP contribution in [0.1, 0.15) is 50.1 Å². The van der Waals surface area contributed by atoms with Crippen molar-refractivity contribution in [1.29, 1.82) is 0 Å². The summed E-state index contributed by atoms with van der Waals surface area (Å²) in [5, 5.41) is 15.1. The maximum atomic E-state index is 13.7.